The lowest BCUT2D eigenvalue weighted by Gasteiger charge is -2.25. The molecular formula is C14H24N2S. The van der Waals surface area contributed by atoms with Crippen molar-refractivity contribution in [1.82, 2.24) is 10.3 Å². The lowest BCUT2D eigenvalue weighted by molar-refractivity contribution is 0.402. The second-order valence-electron chi connectivity index (χ2n) is 4.55. The maximum absolute atomic E-state index is 4.07. The summed E-state index contributed by atoms with van der Waals surface area (Å²) < 4.78 is 0. The van der Waals surface area contributed by atoms with E-state index in [0.717, 1.165) is 13.0 Å². The highest BCUT2D eigenvalue weighted by atomic mass is 32.2. The molecule has 0 saturated heterocycles. The highest BCUT2D eigenvalue weighted by Gasteiger charge is 2.16. The van der Waals surface area contributed by atoms with E-state index in [2.05, 4.69) is 42.5 Å². The third-order valence-electron chi connectivity index (χ3n) is 2.98. The molecule has 0 aliphatic heterocycles. The Labute approximate surface area is 110 Å². The number of hydrogen-bond donors (Lipinski definition) is 1. The number of pyridine rings is 1. The molecule has 0 amide bonds. The molecule has 2 unspecified atom stereocenters. The SMILES string of the molecule is CCCNC(Cc1ccncc1)C(C)CSC. The first kappa shape index (κ1) is 14.5. The summed E-state index contributed by atoms with van der Waals surface area (Å²) >= 11 is 1.93. The molecule has 0 spiro atoms. The van der Waals surface area contributed by atoms with Crippen LogP contribution in [0.3, 0.4) is 0 Å². The van der Waals surface area contributed by atoms with Crippen molar-refractivity contribution in [3.63, 3.8) is 0 Å². The second kappa shape index (κ2) is 8.54. The molecule has 2 atom stereocenters. The van der Waals surface area contributed by atoms with Crippen molar-refractivity contribution in [3.8, 4) is 0 Å². The lowest BCUT2D eigenvalue weighted by Crippen LogP contribution is -2.38. The Morgan fingerprint density at radius 3 is 2.65 bits per heavy atom. The molecule has 96 valence electrons. The number of aromatic nitrogens is 1. The third-order valence-corrected chi connectivity index (χ3v) is 3.84. The van der Waals surface area contributed by atoms with Gasteiger partial charge in [-0.1, -0.05) is 13.8 Å². The molecule has 0 fully saturated rings. The molecule has 1 aromatic rings. The smallest absolute Gasteiger partial charge is 0.0270 e. The minimum Gasteiger partial charge on any atom is -0.313 e. The summed E-state index contributed by atoms with van der Waals surface area (Å²) in [7, 11) is 0. The lowest BCUT2D eigenvalue weighted by atomic mass is 9.96. The Bertz CT molecular complexity index is 290. The predicted molar refractivity (Wildman–Crippen MR) is 77.6 cm³/mol. The van der Waals surface area contributed by atoms with Crippen molar-refractivity contribution < 1.29 is 0 Å². The molecule has 0 aromatic carbocycles. The Kier molecular flexibility index (Phi) is 7.29. The zero-order valence-electron chi connectivity index (χ0n) is 11.1. The second-order valence-corrected chi connectivity index (χ2v) is 5.46. The maximum Gasteiger partial charge on any atom is 0.0270 e. The van der Waals surface area contributed by atoms with Crippen molar-refractivity contribution in [3.05, 3.63) is 30.1 Å². The van der Waals surface area contributed by atoms with E-state index in [1.165, 1.54) is 17.7 Å². The van der Waals surface area contributed by atoms with Crippen LogP contribution in [0.1, 0.15) is 25.8 Å². The number of thioether (sulfide) groups is 1. The van der Waals surface area contributed by atoms with E-state index in [4.69, 9.17) is 0 Å². The average molecular weight is 252 g/mol. The molecule has 0 bridgehead atoms. The number of hydrogen-bond acceptors (Lipinski definition) is 3. The summed E-state index contributed by atoms with van der Waals surface area (Å²) in [6, 6.07) is 4.81. The summed E-state index contributed by atoms with van der Waals surface area (Å²) in [6.45, 7) is 5.66. The van der Waals surface area contributed by atoms with E-state index in [9.17, 15) is 0 Å². The first-order chi connectivity index (χ1) is 8.27. The highest BCUT2D eigenvalue weighted by molar-refractivity contribution is 7.98. The van der Waals surface area contributed by atoms with Crippen molar-refractivity contribution in [2.24, 2.45) is 5.92 Å². The minimum atomic E-state index is 0.574. The molecule has 1 rings (SSSR count). The maximum atomic E-state index is 4.07. The van der Waals surface area contributed by atoms with Gasteiger partial charge in [0, 0.05) is 18.4 Å². The minimum absolute atomic E-state index is 0.574. The van der Waals surface area contributed by atoms with Gasteiger partial charge in [-0.15, -0.1) is 0 Å². The van der Waals surface area contributed by atoms with E-state index < -0.39 is 0 Å². The highest BCUT2D eigenvalue weighted by Crippen LogP contribution is 2.14. The van der Waals surface area contributed by atoms with Gasteiger partial charge in [0.1, 0.15) is 0 Å². The fourth-order valence-corrected chi connectivity index (χ4v) is 2.71. The molecule has 1 heterocycles. The monoisotopic (exact) mass is 252 g/mol. The van der Waals surface area contributed by atoms with Crippen molar-refractivity contribution in [1.29, 1.82) is 0 Å². The number of rotatable bonds is 8. The molecule has 17 heavy (non-hydrogen) atoms. The van der Waals surface area contributed by atoms with Crippen LogP contribution in [0, 0.1) is 5.92 Å². The molecule has 2 nitrogen and oxygen atoms in total. The molecule has 1 N–H and O–H groups in total. The van der Waals surface area contributed by atoms with Crippen LogP contribution in [-0.2, 0) is 6.42 Å². The zero-order chi connectivity index (χ0) is 12.5. The molecule has 0 aliphatic carbocycles. The van der Waals surface area contributed by atoms with Gasteiger partial charge < -0.3 is 5.32 Å². The summed E-state index contributed by atoms with van der Waals surface area (Å²) in [4.78, 5) is 4.07. The van der Waals surface area contributed by atoms with Crippen molar-refractivity contribution in [2.75, 3.05) is 18.6 Å². The Balaban J connectivity index is 2.56. The van der Waals surface area contributed by atoms with E-state index in [1.807, 2.05) is 24.2 Å². The Hall–Kier alpha value is -0.540. The molecule has 0 saturated carbocycles. The standard InChI is InChI=1S/C14H24N2S/c1-4-7-16-14(12(2)11-17-3)10-13-5-8-15-9-6-13/h5-6,8-9,12,14,16H,4,7,10-11H2,1-3H3. The van der Waals surface area contributed by atoms with Crippen LogP contribution >= 0.6 is 11.8 Å². The topological polar surface area (TPSA) is 24.9 Å². The molecule has 0 radical (unpaired) electrons. The Morgan fingerprint density at radius 1 is 1.35 bits per heavy atom. The number of nitrogens with zero attached hydrogens (tertiary/aromatic N) is 1. The summed E-state index contributed by atoms with van der Waals surface area (Å²) in [5.74, 6) is 1.91. The van der Waals surface area contributed by atoms with Gasteiger partial charge in [0.2, 0.25) is 0 Å². The number of nitrogens with one attached hydrogen (secondary N) is 1. The molecular weight excluding hydrogens is 228 g/mol. The van der Waals surface area contributed by atoms with Gasteiger partial charge in [-0.05, 0) is 55.0 Å². The van der Waals surface area contributed by atoms with Crippen LogP contribution in [0.5, 0.6) is 0 Å². The first-order valence-electron chi connectivity index (χ1n) is 6.39. The van der Waals surface area contributed by atoms with Crippen LogP contribution in [0.25, 0.3) is 0 Å². The van der Waals surface area contributed by atoms with Gasteiger partial charge in [0.05, 0.1) is 0 Å². The molecule has 1 aromatic heterocycles. The van der Waals surface area contributed by atoms with Gasteiger partial charge in [-0.25, -0.2) is 0 Å². The molecule has 0 aliphatic rings. The Morgan fingerprint density at radius 2 is 2.06 bits per heavy atom. The van der Waals surface area contributed by atoms with Gasteiger partial charge >= 0.3 is 0 Å². The average Bonchev–Trinajstić information content (AvgIpc) is 2.36. The van der Waals surface area contributed by atoms with Gasteiger partial charge in [0.15, 0.2) is 0 Å². The van der Waals surface area contributed by atoms with E-state index in [1.54, 1.807) is 0 Å². The zero-order valence-corrected chi connectivity index (χ0v) is 12.0. The van der Waals surface area contributed by atoms with E-state index in [-0.39, 0.29) is 0 Å². The summed E-state index contributed by atoms with van der Waals surface area (Å²) in [5.41, 5.74) is 1.38. The first-order valence-corrected chi connectivity index (χ1v) is 7.78. The van der Waals surface area contributed by atoms with E-state index >= 15 is 0 Å². The third kappa shape index (κ3) is 5.55. The van der Waals surface area contributed by atoms with Crippen molar-refractivity contribution in [2.45, 2.75) is 32.7 Å². The predicted octanol–water partition coefficient (Wildman–Crippen LogP) is 2.99. The largest absolute Gasteiger partial charge is 0.313 e. The fourth-order valence-electron chi connectivity index (χ4n) is 1.96. The summed E-state index contributed by atoms with van der Waals surface area (Å²) in [6.07, 6.45) is 8.24. The van der Waals surface area contributed by atoms with Crippen LogP contribution in [0.4, 0.5) is 0 Å². The normalized spacial score (nSPS) is 14.5. The van der Waals surface area contributed by atoms with Crippen LogP contribution in [0.15, 0.2) is 24.5 Å². The van der Waals surface area contributed by atoms with Crippen molar-refractivity contribution >= 4 is 11.8 Å². The van der Waals surface area contributed by atoms with Gasteiger partial charge in [0.25, 0.3) is 0 Å². The fraction of sp³-hybridized carbons (Fsp3) is 0.643. The van der Waals surface area contributed by atoms with E-state index in [0.29, 0.717) is 12.0 Å². The van der Waals surface area contributed by atoms with Gasteiger partial charge in [-0.3, -0.25) is 4.98 Å². The quantitative estimate of drug-likeness (QED) is 0.770. The van der Waals surface area contributed by atoms with Crippen LogP contribution in [-0.4, -0.2) is 29.6 Å². The van der Waals surface area contributed by atoms with Crippen LogP contribution in [0.2, 0.25) is 0 Å². The molecule has 3 heteroatoms. The van der Waals surface area contributed by atoms with Gasteiger partial charge in [-0.2, -0.15) is 11.8 Å². The van der Waals surface area contributed by atoms with Crippen LogP contribution < -0.4 is 5.32 Å². The summed E-state index contributed by atoms with van der Waals surface area (Å²) in [5, 5.41) is 3.67.